The van der Waals surface area contributed by atoms with Gasteiger partial charge in [-0.15, -0.1) is 0 Å². The third-order valence-corrected chi connectivity index (χ3v) is 4.26. The lowest BCUT2D eigenvalue weighted by atomic mass is 9.80. The van der Waals surface area contributed by atoms with Crippen LogP contribution in [0.3, 0.4) is 0 Å². The van der Waals surface area contributed by atoms with E-state index in [-0.39, 0.29) is 0 Å². The fourth-order valence-electron chi connectivity index (χ4n) is 2.74. The van der Waals surface area contributed by atoms with E-state index in [4.69, 9.17) is 0 Å². The third-order valence-electron chi connectivity index (χ3n) is 4.26. The molecule has 0 aromatic carbocycles. The van der Waals surface area contributed by atoms with E-state index >= 15 is 0 Å². The molecule has 0 aliphatic carbocycles. The molecule has 0 amide bonds. The van der Waals surface area contributed by atoms with E-state index in [0.29, 0.717) is 0 Å². The first kappa shape index (κ1) is 17.0. The minimum Gasteiger partial charge on any atom is -0.0651 e. The molecule has 0 aliphatic rings. The molecule has 0 aromatic rings. The molecule has 0 saturated carbocycles. The van der Waals surface area contributed by atoms with Crippen LogP contribution in [0.25, 0.3) is 0 Å². The molecular weight excluding hydrogens is 204 g/mol. The monoisotopic (exact) mass is 240 g/mol. The fraction of sp³-hybridized carbons (Fsp3) is 1.00. The topological polar surface area (TPSA) is 0 Å². The Bertz CT molecular complexity index is 169. The summed E-state index contributed by atoms with van der Waals surface area (Å²) in [6, 6.07) is 0. The molecular formula is C17H36. The zero-order valence-corrected chi connectivity index (χ0v) is 13.4. The molecule has 0 aromatic heterocycles. The number of hydrogen-bond acceptors (Lipinski definition) is 0. The van der Waals surface area contributed by atoms with Crippen LogP contribution in [-0.4, -0.2) is 0 Å². The van der Waals surface area contributed by atoms with Crippen molar-refractivity contribution >= 4 is 0 Å². The standard InChI is InChI=1S/C17H36/c1-8-15(6)11-16(7)12-17(14(4)5)10-9-13(2)3/h13-17H,8-12H2,1-7H3. The van der Waals surface area contributed by atoms with Crippen LogP contribution in [0.5, 0.6) is 0 Å². The van der Waals surface area contributed by atoms with Gasteiger partial charge in [0, 0.05) is 0 Å². The van der Waals surface area contributed by atoms with Crippen LogP contribution in [0.2, 0.25) is 0 Å². The third kappa shape index (κ3) is 8.69. The van der Waals surface area contributed by atoms with Crippen LogP contribution >= 0.6 is 0 Å². The minimum atomic E-state index is 0.855. The molecule has 0 bridgehead atoms. The van der Waals surface area contributed by atoms with Crippen molar-refractivity contribution in [3.8, 4) is 0 Å². The van der Waals surface area contributed by atoms with Crippen LogP contribution in [0.15, 0.2) is 0 Å². The van der Waals surface area contributed by atoms with Gasteiger partial charge in [-0.05, 0) is 48.9 Å². The molecule has 0 spiro atoms. The summed E-state index contributed by atoms with van der Waals surface area (Å²) in [6.45, 7) is 16.7. The van der Waals surface area contributed by atoms with Gasteiger partial charge in [-0.3, -0.25) is 0 Å². The summed E-state index contributed by atoms with van der Waals surface area (Å²) in [7, 11) is 0. The number of rotatable bonds is 9. The van der Waals surface area contributed by atoms with E-state index in [1.807, 2.05) is 0 Å². The Labute approximate surface area is 111 Å². The van der Waals surface area contributed by atoms with E-state index in [1.54, 1.807) is 0 Å². The summed E-state index contributed by atoms with van der Waals surface area (Å²) in [4.78, 5) is 0. The SMILES string of the molecule is CCC(C)CC(C)CC(CCC(C)C)C(C)C. The van der Waals surface area contributed by atoms with Gasteiger partial charge < -0.3 is 0 Å². The first-order valence-electron chi connectivity index (χ1n) is 7.86. The Hall–Kier alpha value is 0. The van der Waals surface area contributed by atoms with Crippen LogP contribution < -0.4 is 0 Å². The van der Waals surface area contributed by atoms with Gasteiger partial charge in [0.05, 0.1) is 0 Å². The molecule has 0 nitrogen and oxygen atoms in total. The van der Waals surface area contributed by atoms with Crippen molar-refractivity contribution in [1.82, 2.24) is 0 Å². The lowest BCUT2D eigenvalue weighted by Gasteiger charge is -2.26. The van der Waals surface area contributed by atoms with Crippen molar-refractivity contribution in [1.29, 1.82) is 0 Å². The Balaban J connectivity index is 4.06. The summed E-state index contributed by atoms with van der Waals surface area (Å²) in [6.07, 6.45) is 7.03. The Morgan fingerprint density at radius 3 is 1.71 bits per heavy atom. The Kier molecular flexibility index (Phi) is 9.00. The molecule has 0 fully saturated rings. The van der Waals surface area contributed by atoms with Crippen LogP contribution in [0, 0.1) is 29.6 Å². The van der Waals surface area contributed by atoms with Gasteiger partial charge in [0.15, 0.2) is 0 Å². The second-order valence-electron chi connectivity index (χ2n) is 7.07. The van der Waals surface area contributed by atoms with E-state index in [1.165, 1.54) is 32.1 Å². The molecule has 0 heterocycles. The highest BCUT2D eigenvalue weighted by Gasteiger charge is 2.18. The van der Waals surface area contributed by atoms with Gasteiger partial charge >= 0.3 is 0 Å². The molecule has 104 valence electrons. The second kappa shape index (κ2) is 9.00. The largest absolute Gasteiger partial charge is 0.0651 e. The van der Waals surface area contributed by atoms with E-state index in [9.17, 15) is 0 Å². The molecule has 3 unspecified atom stereocenters. The molecule has 0 saturated heterocycles. The van der Waals surface area contributed by atoms with Crippen molar-refractivity contribution in [2.45, 2.75) is 80.6 Å². The van der Waals surface area contributed by atoms with Gasteiger partial charge in [-0.2, -0.15) is 0 Å². The average Bonchev–Trinajstić information content (AvgIpc) is 2.23. The highest BCUT2D eigenvalue weighted by Crippen LogP contribution is 2.29. The summed E-state index contributed by atoms with van der Waals surface area (Å²) in [5, 5.41) is 0. The molecule has 3 atom stereocenters. The summed E-state index contributed by atoms with van der Waals surface area (Å²) < 4.78 is 0. The van der Waals surface area contributed by atoms with Crippen LogP contribution in [0.4, 0.5) is 0 Å². The van der Waals surface area contributed by atoms with Crippen LogP contribution in [0.1, 0.15) is 80.6 Å². The van der Waals surface area contributed by atoms with Crippen LogP contribution in [-0.2, 0) is 0 Å². The van der Waals surface area contributed by atoms with Crippen molar-refractivity contribution in [3.63, 3.8) is 0 Å². The first-order valence-corrected chi connectivity index (χ1v) is 7.86. The van der Waals surface area contributed by atoms with Crippen molar-refractivity contribution in [3.05, 3.63) is 0 Å². The second-order valence-corrected chi connectivity index (χ2v) is 7.07. The Morgan fingerprint density at radius 1 is 0.706 bits per heavy atom. The van der Waals surface area contributed by atoms with Gasteiger partial charge in [-0.25, -0.2) is 0 Å². The van der Waals surface area contributed by atoms with E-state index < -0.39 is 0 Å². The predicted molar refractivity (Wildman–Crippen MR) is 80.3 cm³/mol. The van der Waals surface area contributed by atoms with Crippen molar-refractivity contribution in [2.24, 2.45) is 29.6 Å². The maximum Gasteiger partial charge on any atom is -0.0388 e. The molecule has 0 N–H and O–H groups in total. The quantitative estimate of drug-likeness (QED) is 0.453. The van der Waals surface area contributed by atoms with E-state index in [0.717, 1.165) is 29.6 Å². The minimum absolute atomic E-state index is 0.855. The van der Waals surface area contributed by atoms with E-state index in [2.05, 4.69) is 48.5 Å². The fourth-order valence-corrected chi connectivity index (χ4v) is 2.74. The summed E-state index contributed by atoms with van der Waals surface area (Å²) >= 11 is 0. The van der Waals surface area contributed by atoms with Crippen molar-refractivity contribution in [2.75, 3.05) is 0 Å². The maximum atomic E-state index is 2.46. The first-order chi connectivity index (χ1) is 7.86. The van der Waals surface area contributed by atoms with Gasteiger partial charge in [0.2, 0.25) is 0 Å². The highest BCUT2D eigenvalue weighted by atomic mass is 14.2. The predicted octanol–water partition coefficient (Wildman–Crippen LogP) is 6.16. The smallest absolute Gasteiger partial charge is 0.0388 e. The van der Waals surface area contributed by atoms with Gasteiger partial charge in [0.25, 0.3) is 0 Å². The Morgan fingerprint density at radius 2 is 1.29 bits per heavy atom. The normalized spacial score (nSPS) is 17.5. The van der Waals surface area contributed by atoms with Gasteiger partial charge in [-0.1, -0.05) is 61.3 Å². The summed E-state index contributed by atoms with van der Waals surface area (Å²) in [5.41, 5.74) is 0. The lowest BCUT2D eigenvalue weighted by Crippen LogP contribution is -2.15. The molecule has 0 aliphatic heterocycles. The maximum absolute atomic E-state index is 2.46. The zero-order chi connectivity index (χ0) is 13.4. The van der Waals surface area contributed by atoms with Crippen molar-refractivity contribution < 1.29 is 0 Å². The molecule has 0 heteroatoms. The van der Waals surface area contributed by atoms with Gasteiger partial charge in [0.1, 0.15) is 0 Å². The average molecular weight is 240 g/mol. The summed E-state index contributed by atoms with van der Waals surface area (Å²) in [5.74, 6) is 4.47. The zero-order valence-electron chi connectivity index (χ0n) is 13.4. The highest BCUT2D eigenvalue weighted by molar-refractivity contribution is 4.69. The lowest BCUT2D eigenvalue weighted by molar-refractivity contribution is 0.251. The molecule has 0 radical (unpaired) electrons. The number of hydrogen-bond donors (Lipinski definition) is 0. The molecule has 17 heavy (non-hydrogen) atoms. The molecule has 0 rings (SSSR count).